The van der Waals surface area contributed by atoms with Gasteiger partial charge in [-0.2, -0.15) is 0 Å². The summed E-state index contributed by atoms with van der Waals surface area (Å²) in [7, 11) is 0. The van der Waals surface area contributed by atoms with Gasteiger partial charge in [0.1, 0.15) is 0 Å². The molecule has 1 heterocycles. The molecule has 1 saturated heterocycles. The molecule has 1 aliphatic rings. The molecule has 1 fully saturated rings. The summed E-state index contributed by atoms with van der Waals surface area (Å²) < 4.78 is 1.06. The van der Waals surface area contributed by atoms with Crippen LogP contribution >= 0.6 is 27.7 Å². The Morgan fingerprint density at radius 2 is 2.21 bits per heavy atom. The van der Waals surface area contributed by atoms with Crippen molar-refractivity contribution in [3.63, 3.8) is 0 Å². The number of anilines is 1. The molecule has 1 aliphatic heterocycles. The van der Waals surface area contributed by atoms with E-state index in [-0.39, 0.29) is 5.91 Å². The first-order valence-corrected chi connectivity index (χ1v) is 8.37. The highest BCUT2D eigenvalue weighted by Crippen LogP contribution is 2.22. The molecule has 2 rings (SSSR count). The van der Waals surface area contributed by atoms with Gasteiger partial charge in [-0.05, 0) is 56.6 Å². The van der Waals surface area contributed by atoms with Gasteiger partial charge in [-0.1, -0.05) is 15.9 Å². The van der Waals surface area contributed by atoms with Crippen molar-refractivity contribution in [1.82, 2.24) is 5.32 Å². The summed E-state index contributed by atoms with van der Waals surface area (Å²) in [6, 6.07) is 5.87. The molecule has 104 valence electrons. The Morgan fingerprint density at radius 3 is 2.89 bits per heavy atom. The van der Waals surface area contributed by atoms with E-state index in [0.717, 1.165) is 41.7 Å². The smallest absolute Gasteiger partial charge is 0.234 e. The molecule has 0 aromatic heterocycles. The van der Waals surface area contributed by atoms with Crippen LogP contribution in [0.25, 0.3) is 0 Å². The number of benzene rings is 1. The third kappa shape index (κ3) is 4.82. The molecule has 0 bridgehead atoms. The third-order valence-corrected chi connectivity index (χ3v) is 5.44. The average Bonchev–Trinajstić information content (AvgIpc) is 2.42. The molecule has 0 radical (unpaired) electrons. The van der Waals surface area contributed by atoms with Gasteiger partial charge in [-0.25, -0.2) is 0 Å². The molecule has 0 saturated carbocycles. The maximum absolute atomic E-state index is 11.9. The normalized spacial score (nSPS) is 16.3. The minimum atomic E-state index is 0.0882. The van der Waals surface area contributed by atoms with Crippen molar-refractivity contribution in [2.75, 3.05) is 24.2 Å². The van der Waals surface area contributed by atoms with E-state index in [1.165, 1.54) is 0 Å². The molecule has 0 aliphatic carbocycles. The van der Waals surface area contributed by atoms with Crippen molar-refractivity contribution in [1.29, 1.82) is 0 Å². The number of hydrogen-bond donors (Lipinski definition) is 2. The highest BCUT2D eigenvalue weighted by molar-refractivity contribution is 9.10. The summed E-state index contributed by atoms with van der Waals surface area (Å²) in [5, 5.41) is 6.91. The number of thioether (sulfide) groups is 1. The Balaban J connectivity index is 1.78. The van der Waals surface area contributed by atoms with E-state index in [2.05, 4.69) is 26.6 Å². The fourth-order valence-electron chi connectivity index (χ4n) is 2.08. The Morgan fingerprint density at radius 1 is 1.47 bits per heavy atom. The summed E-state index contributed by atoms with van der Waals surface area (Å²) in [5.74, 6) is 0.630. The molecule has 5 heteroatoms. The number of rotatable bonds is 4. The molecule has 0 atom stereocenters. The predicted molar refractivity (Wildman–Crippen MR) is 85.9 cm³/mol. The second kappa shape index (κ2) is 7.31. The van der Waals surface area contributed by atoms with E-state index < -0.39 is 0 Å². The van der Waals surface area contributed by atoms with Crippen LogP contribution < -0.4 is 10.6 Å². The molecule has 0 unspecified atom stereocenters. The Kier molecular flexibility index (Phi) is 5.73. The molecule has 19 heavy (non-hydrogen) atoms. The lowest BCUT2D eigenvalue weighted by molar-refractivity contribution is -0.113. The zero-order valence-electron chi connectivity index (χ0n) is 11.0. The van der Waals surface area contributed by atoms with E-state index in [9.17, 15) is 4.79 Å². The molecule has 1 aromatic carbocycles. The van der Waals surface area contributed by atoms with Gasteiger partial charge in [0.25, 0.3) is 0 Å². The summed E-state index contributed by atoms with van der Waals surface area (Å²) in [6.45, 7) is 4.17. The largest absolute Gasteiger partial charge is 0.325 e. The Hall–Kier alpha value is -0.520. The van der Waals surface area contributed by atoms with Crippen LogP contribution in [0.4, 0.5) is 5.69 Å². The van der Waals surface area contributed by atoms with E-state index in [1.54, 1.807) is 11.8 Å². The number of hydrogen-bond acceptors (Lipinski definition) is 3. The van der Waals surface area contributed by atoms with Gasteiger partial charge in [0.2, 0.25) is 5.91 Å². The van der Waals surface area contributed by atoms with E-state index in [1.807, 2.05) is 25.1 Å². The zero-order valence-corrected chi connectivity index (χ0v) is 13.4. The van der Waals surface area contributed by atoms with Crippen molar-refractivity contribution >= 4 is 39.3 Å². The standard InChI is InChI=1S/C14H19BrN2OS/c1-10-8-11(2-3-13(10)15)17-14(18)9-19-12-4-6-16-7-5-12/h2-3,8,12,16H,4-7,9H2,1H3,(H,17,18). The van der Waals surface area contributed by atoms with Gasteiger partial charge in [0.05, 0.1) is 5.75 Å². The second-order valence-corrected chi connectivity index (χ2v) is 6.92. The second-order valence-electron chi connectivity index (χ2n) is 4.77. The highest BCUT2D eigenvalue weighted by atomic mass is 79.9. The summed E-state index contributed by atoms with van der Waals surface area (Å²) in [5.41, 5.74) is 2.00. The van der Waals surface area contributed by atoms with E-state index >= 15 is 0 Å². The summed E-state index contributed by atoms with van der Waals surface area (Å²) >= 11 is 5.23. The maximum atomic E-state index is 11.9. The van der Waals surface area contributed by atoms with Crippen LogP contribution in [-0.4, -0.2) is 30.0 Å². The predicted octanol–water partition coefficient (Wildman–Crippen LogP) is 3.18. The number of carbonyl (C=O) groups is 1. The topological polar surface area (TPSA) is 41.1 Å². The Bertz CT molecular complexity index is 447. The van der Waals surface area contributed by atoms with E-state index in [4.69, 9.17) is 0 Å². The molecule has 0 spiro atoms. The third-order valence-electron chi connectivity index (χ3n) is 3.18. The van der Waals surface area contributed by atoms with Crippen LogP contribution in [0.2, 0.25) is 0 Å². The monoisotopic (exact) mass is 342 g/mol. The van der Waals surface area contributed by atoms with Gasteiger partial charge in [-0.3, -0.25) is 4.79 Å². The molecule has 2 N–H and O–H groups in total. The van der Waals surface area contributed by atoms with Crippen LogP contribution in [-0.2, 0) is 4.79 Å². The van der Waals surface area contributed by atoms with Crippen LogP contribution in [0.3, 0.4) is 0 Å². The molecule has 1 amide bonds. The maximum Gasteiger partial charge on any atom is 0.234 e. The molecule has 1 aromatic rings. The number of nitrogens with one attached hydrogen (secondary N) is 2. The van der Waals surface area contributed by atoms with Crippen molar-refractivity contribution in [3.8, 4) is 0 Å². The van der Waals surface area contributed by atoms with Crippen molar-refractivity contribution in [2.45, 2.75) is 25.0 Å². The number of piperidine rings is 1. The Labute approximate surface area is 127 Å². The van der Waals surface area contributed by atoms with Gasteiger partial charge >= 0.3 is 0 Å². The minimum absolute atomic E-state index is 0.0882. The lowest BCUT2D eigenvalue weighted by Crippen LogP contribution is -2.30. The number of aryl methyl sites for hydroxylation is 1. The quantitative estimate of drug-likeness (QED) is 0.882. The van der Waals surface area contributed by atoms with Crippen molar-refractivity contribution in [2.24, 2.45) is 0 Å². The first kappa shape index (κ1) is 14.9. The highest BCUT2D eigenvalue weighted by Gasteiger charge is 2.15. The van der Waals surface area contributed by atoms with Crippen LogP contribution in [0.1, 0.15) is 18.4 Å². The molecular formula is C14H19BrN2OS. The lowest BCUT2D eigenvalue weighted by Gasteiger charge is -2.21. The van der Waals surface area contributed by atoms with E-state index in [0.29, 0.717) is 11.0 Å². The van der Waals surface area contributed by atoms with Crippen LogP contribution in [0.15, 0.2) is 22.7 Å². The van der Waals surface area contributed by atoms with Gasteiger partial charge in [0.15, 0.2) is 0 Å². The van der Waals surface area contributed by atoms with Crippen molar-refractivity contribution < 1.29 is 4.79 Å². The number of carbonyl (C=O) groups excluding carboxylic acids is 1. The first-order valence-electron chi connectivity index (χ1n) is 6.53. The molecule has 3 nitrogen and oxygen atoms in total. The average molecular weight is 343 g/mol. The van der Waals surface area contributed by atoms with Crippen LogP contribution in [0, 0.1) is 6.92 Å². The summed E-state index contributed by atoms with van der Waals surface area (Å²) in [6.07, 6.45) is 2.32. The first-order chi connectivity index (χ1) is 9.15. The van der Waals surface area contributed by atoms with Gasteiger partial charge in [0, 0.05) is 15.4 Å². The SMILES string of the molecule is Cc1cc(NC(=O)CSC2CCNCC2)ccc1Br. The number of halogens is 1. The van der Waals surface area contributed by atoms with Crippen LogP contribution in [0.5, 0.6) is 0 Å². The van der Waals surface area contributed by atoms with Gasteiger partial charge in [-0.15, -0.1) is 11.8 Å². The lowest BCUT2D eigenvalue weighted by atomic mass is 10.2. The zero-order chi connectivity index (χ0) is 13.7. The van der Waals surface area contributed by atoms with Gasteiger partial charge < -0.3 is 10.6 Å². The fourth-order valence-corrected chi connectivity index (χ4v) is 3.35. The number of amides is 1. The summed E-state index contributed by atoms with van der Waals surface area (Å²) in [4.78, 5) is 11.9. The molecular weight excluding hydrogens is 324 g/mol. The minimum Gasteiger partial charge on any atom is -0.325 e. The fraction of sp³-hybridized carbons (Fsp3) is 0.500. The van der Waals surface area contributed by atoms with Crippen molar-refractivity contribution in [3.05, 3.63) is 28.2 Å².